The Kier molecular flexibility index (Phi) is 4.65. The molecule has 0 fully saturated rings. The molecule has 0 amide bonds. The van der Waals surface area contributed by atoms with E-state index in [-0.39, 0.29) is 0 Å². The first kappa shape index (κ1) is 18.6. The average molecular weight is 378 g/mol. The lowest BCUT2D eigenvalue weighted by Crippen LogP contribution is -2.24. The Bertz CT molecular complexity index is 1030. The standard InChI is InChI=1S/C22H26N4O2/c1-5-26-18-13-22(3,4)10-8-17(18)19(24-26)20-23-21(28-25-20)16-7-6-15(9-11-27)14(2)12-16/h6-7,11-12H,5,8-10,13H2,1-4H3. The highest BCUT2D eigenvalue weighted by molar-refractivity contribution is 5.63. The highest BCUT2D eigenvalue weighted by Crippen LogP contribution is 2.38. The van der Waals surface area contributed by atoms with E-state index < -0.39 is 0 Å². The fourth-order valence-corrected chi connectivity index (χ4v) is 4.03. The molecule has 0 bridgehead atoms. The molecule has 6 heteroatoms. The fourth-order valence-electron chi connectivity index (χ4n) is 4.03. The summed E-state index contributed by atoms with van der Waals surface area (Å²) in [4.78, 5) is 15.4. The Balaban J connectivity index is 1.70. The average Bonchev–Trinajstić information content (AvgIpc) is 3.27. The molecule has 6 nitrogen and oxygen atoms in total. The van der Waals surface area contributed by atoms with Crippen molar-refractivity contribution in [3.63, 3.8) is 0 Å². The van der Waals surface area contributed by atoms with Crippen LogP contribution in [0.4, 0.5) is 0 Å². The van der Waals surface area contributed by atoms with Gasteiger partial charge in [0.1, 0.15) is 12.0 Å². The number of carbonyl (C=O) groups is 1. The van der Waals surface area contributed by atoms with E-state index in [9.17, 15) is 4.79 Å². The van der Waals surface area contributed by atoms with Gasteiger partial charge in [-0.3, -0.25) is 4.68 Å². The van der Waals surface area contributed by atoms with E-state index in [2.05, 4.69) is 35.6 Å². The van der Waals surface area contributed by atoms with Crippen molar-refractivity contribution in [2.45, 2.75) is 59.9 Å². The zero-order valence-electron chi connectivity index (χ0n) is 17.0. The fraction of sp³-hybridized carbons (Fsp3) is 0.455. The van der Waals surface area contributed by atoms with E-state index >= 15 is 0 Å². The second-order valence-electron chi connectivity index (χ2n) is 8.37. The van der Waals surface area contributed by atoms with Crippen LogP contribution in [0.15, 0.2) is 22.7 Å². The highest BCUT2D eigenvalue weighted by Gasteiger charge is 2.32. The van der Waals surface area contributed by atoms with E-state index in [1.807, 2.05) is 25.1 Å². The monoisotopic (exact) mass is 378 g/mol. The van der Waals surface area contributed by atoms with Crippen LogP contribution in [0.25, 0.3) is 23.0 Å². The van der Waals surface area contributed by atoms with Gasteiger partial charge in [-0.1, -0.05) is 25.1 Å². The predicted octanol–water partition coefficient (Wildman–Crippen LogP) is 4.18. The molecule has 0 saturated heterocycles. The number of benzene rings is 1. The molecule has 0 N–H and O–H groups in total. The summed E-state index contributed by atoms with van der Waals surface area (Å²) in [5.74, 6) is 1.03. The normalized spacial score (nSPS) is 15.4. The zero-order valence-corrected chi connectivity index (χ0v) is 17.0. The first-order chi connectivity index (χ1) is 13.4. The summed E-state index contributed by atoms with van der Waals surface area (Å²) in [5.41, 5.74) is 6.60. The molecular formula is C22H26N4O2. The van der Waals surface area contributed by atoms with Crippen molar-refractivity contribution in [3.05, 3.63) is 40.6 Å². The molecule has 28 heavy (non-hydrogen) atoms. The van der Waals surface area contributed by atoms with Gasteiger partial charge in [0.15, 0.2) is 0 Å². The smallest absolute Gasteiger partial charge is 0.258 e. The van der Waals surface area contributed by atoms with Gasteiger partial charge in [-0.25, -0.2) is 0 Å². The van der Waals surface area contributed by atoms with Gasteiger partial charge in [-0.05, 0) is 61.8 Å². The first-order valence-electron chi connectivity index (χ1n) is 9.88. The predicted molar refractivity (Wildman–Crippen MR) is 107 cm³/mol. The lowest BCUT2D eigenvalue weighted by atomic mass is 9.76. The van der Waals surface area contributed by atoms with Gasteiger partial charge in [-0.15, -0.1) is 0 Å². The summed E-state index contributed by atoms with van der Waals surface area (Å²) in [6.07, 6.45) is 4.47. The molecule has 1 aliphatic carbocycles. The Morgan fingerprint density at radius 1 is 1.32 bits per heavy atom. The van der Waals surface area contributed by atoms with Crippen LogP contribution >= 0.6 is 0 Å². The molecule has 1 aromatic carbocycles. The third-order valence-corrected chi connectivity index (χ3v) is 5.69. The number of rotatable bonds is 5. The number of aldehydes is 1. The number of carbonyl (C=O) groups excluding carboxylic acids is 1. The van der Waals surface area contributed by atoms with E-state index in [1.54, 1.807) is 0 Å². The molecule has 3 aromatic rings. The Labute approximate surface area is 165 Å². The number of hydrogen-bond donors (Lipinski definition) is 0. The summed E-state index contributed by atoms with van der Waals surface area (Å²) >= 11 is 0. The Morgan fingerprint density at radius 2 is 2.14 bits per heavy atom. The summed E-state index contributed by atoms with van der Waals surface area (Å²) < 4.78 is 7.64. The van der Waals surface area contributed by atoms with Gasteiger partial charge < -0.3 is 9.32 Å². The van der Waals surface area contributed by atoms with Crippen LogP contribution in [0.1, 0.15) is 49.6 Å². The third kappa shape index (κ3) is 3.28. The van der Waals surface area contributed by atoms with Gasteiger partial charge in [-0.2, -0.15) is 10.1 Å². The summed E-state index contributed by atoms with van der Waals surface area (Å²) in [7, 11) is 0. The van der Waals surface area contributed by atoms with E-state index in [0.717, 1.165) is 54.5 Å². The molecule has 146 valence electrons. The summed E-state index contributed by atoms with van der Waals surface area (Å²) in [6.45, 7) is 9.56. The van der Waals surface area contributed by atoms with Crippen molar-refractivity contribution in [2.75, 3.05) is 0 Å². The van der Waals surface area contributed by atoms with Crippen molar-refractivity contribution >= 4 is 6.29 Å². The minimum absolute atomic E-state index is 0.292. The van der Waals surface area contributed by atoms with Crippen molar-refractivity contribution in [2.24, 2.45) is 5.41 Å². The summed E-state index contributed by atoms with van der Waals surface area (Å²) in [6, 6.07) is 5.85. The van der Waals surface area contributed by atoms with Crippen LogP contribution in [0, 0.1) is 12.3 Å². The maximum Gasteiger partial charge on any atom is 0.258 e. The van der Waals surface area contributed by atoms with Crippen molar-refractivity contribution < 1.29 is 9.32 Å². The molecule has 0 saturated carbocycles. The minimum Gasteiger partial charge on any atom is -0.334 e. The number of nitrogens with zero attached hydrogens (tertiary/aromatic N) is 4. The van der Waals surface area contributed by atoms with Gasteiger partial charge in [0.2, 0.25) is 5.82 Å². The second-order valence-corrected chi connectivity index (χ2v) is 8.37. The second kappa shape index (κ2) is 7.00. The number of hydrogen-bond acceptors (Lipinski definition) is 5. The molecular weight excluding hydrogens is 352 g/mol. The molecule has 0 spiro atoms. The number of aromatic nitrogens is 4. The van der Waals surface area contributed by atoms with Crippen LogP contribution in [0.5, 0.6) is 0 Å². The molecule has 0 aliphatic heterocycles. The minimum atomic E-state index is 0.292. The maximum atomic E-state index is 10.8. The van der Waals surface area contributed by atoms with Gasteiger partial charge in [0, 0.05) is 29.8 Å². The van der Waals surface area contributed by atoms with Gasteiger partial charge in [0.05, 0.1) is 0 Å². The van der Waals surface area contributed by atoms with E-state index in [1.165, 1.54) is 11.3 Å². The lowest BCUT2D eigenvalue weighted by Gasteiger charge is -2.30. The van der Waals surface area contributed by atoms with Crippen LogP contribution in [-0.2, 0) is 30.6 Å². The molecule has 0 unspecified atom stereocenters. The molecule has 0 radical (unpaired) electrons. The summed E-state index contributed by atoms with van der Waals surface area (Å²) in [5, 5.41) is 9.03. The van der Waals surface area contributed by atoms with Gasteiger partial charge in [0.25, 0.3) is 5.89 Å². The van der Waals surface area contributed by atoms with Gasteiger partial charge >= 0.3 is 0 Å². The van der Waals surface area contributed by atoms with Crippen LogP contribution in [0.3, 0.4) is 0 Å². The molecule has 1 aliphatic rings. The van der Waals surface area contributed by atoms with E-state index in [0.29, 0.717) is 23.6 Å². The van der Waals surface area contributed by atoms with Crippen LogP contribution in [0.2, 0.25) is 0 Å². The highest BCUT2D eigenvalue weighted by atomic mass is 16.5. The maximum absolute atomic E-state index is 10.8. The van der Waals surface area contributed by atoms with E-state index in [4.69, 9.17) is 9.62 Å². The zero-order chi connectivity index (χ0) is 19.9. The molecule has 4 rings (SSSR count). The number of aryl methyl sites for hydroxylation is 2. The largest absolute Gasteiger partial charge is 0.334 e. The van der Waals surface area contributed by atoms with Crippen molar-refractivity contribution in [3.8, 4) is 23.0 Å². The van der Waals surface area contributed by atoms with Crippen LogP contribution < -0.4 is 0 Å². The Hall–Kier alpha value is -2.76. The third-order valence-electron chi connectivity index (χ3n) is 5.69. The molecule has 2 aromatic heterocycles. The quantitative estimate of drug-likeness (QED) is 0.623. The SMILES string of the molecule is CCn1nc(-c2noc(-c3ccc(CC=O)c(C)c3)n2)c2c1CC(C)(C)CC2. The van der Waals surface area contributed by atoms with Crippen molar-refractivity contribution in [1.82, 2.24) is 19.9 Å². The van der Waals surface area contributed by atoms with Crippen LogP contribution in [-0.4, -0.2) is 26.2 Å². The molecule has 2 heterocycles. The Morgan fingerprint density at radius 3 is 2.86 bits per heavy atom. The van der Waals surface area contributed by atoms with Crippen molar-refractivity contribution in [1.29, 1.82) is 0 Å². The number of fused-ring (bicyclic) bond motifs is 1. The first-order valence-corrected chi connectivity index (χ1v) is 9.88. The topological polar surface area (TPSA) is 73.8 Å². The lowest BCUT2D eigenvalue weighted by molar-refractivity contribution is -0.107. The molecule has 0 atom stereocenters.